The van der Waals surface area contributed by atoms with Crippen molar-refractivity contribution in [2.45, 2.75) is 32.7 Å². The zero-order chi connectivity index (χ0) is 12.3. The van der Waals surface area contributed by atoms with E-state index < -0.39 is 0 Å². The molecule has 0 aromatic carbocycles. The highest BCUT2D eigenvalue weighted by molar-refractivity contribution is 7.14. The van der Waals surface area contributed by atoms with Crippen LogP contribution in [0.25, 0.3) is 10.6 Å². The van der Waals surface area contributed by atoms with Crippen LogP contribution in [0.4, 0.5) is 0 Å². The van der Waals surface area contributed by atoms with E-state index in [9.17, 15) is 0 Å². The summed E-state index contributed by atoms with van der Waals surface area (Å²) in [5, 5.41) is 8.94. The Hall–Kier alpha value is -0.710. The number of nitrogens with zero attached hydrogens (tertiary/aromatic N) is 1. The summed E-state index contributed by atoms with van der Waals surface area (Å²) in [4.78, 5) is 5.92. The fraction of sp³-hybridized carbons (Fsp3) is 0.462. The third-order valence-electron chi connectivity index (χ3n) is 2.32. The maximum Gasteiger partial charge on any atom is 0.0945 e. The predicted molar refractivity (Wildman–Crippen MR) is 76.9 cm³/mol. The topological polar surface area (TPSA) is 24.9 Å². The molecule has 17 heavy (non-hydrogen) atoms. The molecule has 0 aliphatic rings. The zero-order valence-electron chi connectivity index (χ0n) is 10.5. The van der Waals surface area contributed by atoms with Gasteiger partial charge in [-0.3, -0.25) is 0 Å². The van der Waals surface area contributed by atoms with Crippen molar-refractivity contribution in [1.82, 2.24) is 10.3 Å². The lowest BCUT2D eigenvalue weighted by molar-refractivity contribution is 0.429. The summed E-state index contributed by atoms with van der Waals surface area (Å²) in [6.07, 6.45) is 1.01. The van der Waals surface area contributed by atoms with E-state index in [1.54, 1.807) is 22.7 Å². The molecule has 0 unspecified atom stereocenters. The normalized spacial score (nSPS) is 11.9. The van der Waals surface area contributed by atoms with Gasteiger partial charge in [0.05, 0.1) is 15.6 Å². The van der Waals surface area contributed by atoms with Gasteiger partial charge in [0, 0.05) is 23.9 Å². The van der Waals surface area contributed by atoms with Crippen molar-refractivity contribution in [3.05, 3.63) is 27.9 Å². The molecular weight excluding hydrogens is 248 g/mol. The Kier molecular flexibility index (Phi) is 3.97. The SMILES string of the molecule is CC(C)(C)NCCc1nc(-c2cccs2)cs1. The molecule has 1 N–H and O–H groups in total. The quantitative estimate of drug-likeness (QED) is 0.910. The van der Waals surface area contributed by atoms with Gasteiger partial charge in [0.15, 0.2) is 0 Å². The van der Waals surface area contributed by atoms with Crippen molar-refractivity contribution in [3.8, 4) is 10.6 Å². The van der Waals surface area contributed by atoms with Crippen LogP contribution in [0.1, 0.15) is 25.8 Å². The minimum absolute atomic E-state index is 0.188. The predicted octanol–water partition coefficient (Wildman–Crippen LogP) is 3.80. The standard InChI is InChI=1S/C13H18N2S2/c1-13(2,3)14-7-6-12-15-10(9-17-12)11-5-4-8-16-11/h4-5,8-9,14H,6-7H2,1-3H3. The van der Waals surface area contributed by atoms with E-state index in [1.807, 2.05) is 0 Å². The smallest absolute Gasteiger partial charge is 0.0945 e. The Morgan fingerprint density at radius 3 is 2.76 bits per heavy atom. The van der Waals surface area contributed by atoms with Crippen LogP contribution in [0.5, 0.6) is 0 Å². The second kappa shape index (κ2) is 5.29. The van der Waals surface area contributed by atoms with Crippen LogP contribution >= 0.6 is 22.7 Å². The third-order valence-corrected chi connectivity index (χ3v) is 4.12. The Labute approximate surface area is 111 Å². The number of thiazole rings is 1. The van der Waals surface area contributed by atoms with Crippen molar-refractivity contribution in [1.29, 1.82) is 0 Å². The highest BCUT2D eigenvalue weighted by atomic mass is 32.1. The summed E-state index contributed by atoms with van der Waals surface area (Å²) in [5.41, 5.74) is 1.31. The Morgan fingerprint density at radius 1 is 1.29 bits per heavy atom. The van der Waals surface area contributed by atoms with Gasteiger partial charge in [-0.25, -0.2) is 4.98 Å². The highest BCUT2D eigenvalue weighted by Gasteiger charge is 2.09. The summed E-state index contributed by atoms with van der Waals surface area (Å²) in [7, 11) is 0. The van der Waals surface area contributed by atoms with Crippen LogP contribution in [0.15, 0.2) is 22.9 Å². The summed E-state index contributed by atoms with van der Waals surface area (Å²) in [6.45, 7) is 7.55. The van der Waals surface area contributed by atoms with Gasteiger partial charge in [-0.05, 0) is 32.2 Å². The van der Waals surface area contributed by atoms with Gasteiger partial charge in [-0.15, -0.1) is 22.7 Å². The minimum atomic E-state index is 0.188. The van der Waals surface area contributed by atoms with Gasteiger partial charge < -0.3 is 5.32 Å². The molecule has 2 aromatic rings. The van der Waals surface area contributed by atoms with E-state index in [0.717, 1.165) is 18.7 Å². The number of nitrogens with one attached hydrogen (secondary N) is 1. The minimum Gasteiger partial charge on any atom is -0.312 e. The van der Waals surface area contributed by atoms with E-state index in [1.165, 1.54) is 9.88 Å². The molecule has 2 nitrogen and oxygen atoms in total. The van der Waals surface area contributed by atoms with Crippen molar-refractivity contribution in [3.63, 3.8) is 0 Å². The average Bonchev–Trinajstić information content (AvgIpc) is 2.83. The van der Waals surface area contributed by atoms with Gasteiger partial charge in [-0.1, -0.05) is 6.07 Å². The molecule has 4 heteroatoms. The van der Waals surface area contributed by atoms with E-state index in [2.05, 4.69) is 54.0 Å². The van der Waals surface area contributed by atoms with Crippen LogP contribution < -0.4 is 5.32 Å². The number of aromatic nitrogens is 1. The molecule has 0 saturated carbocycles. The summed E-state index contributed by atoms with van der Waals surface area (Å²) in [5.74, 6) is 0. The number of thiophene rings is 1. The Bertz CT molecular complexity index is 452. The molecule has 2 rings (SSSR count). The van der Waals surface area contributed by atoms with E-state index in [4.69, 9.17) is 0 Å². The summed E-state index contributed by atoms with van der Waals surface area (Å²) >= 11 is 3.50. The molecule has 0 amide bonds. The van der Waals surface area contributed by atoms with Crippen LogP contribution in [0.2, 0.25) is 0 Å². The lowest BCUT2D eigenvalue weighted by atomic mass is 10.1. The lowest BCUT2D eigenvalue weighted by Crippen LogP contribution is -2.37. The fourth-order valence-electron chi connectivity index (χ4n) is 1.51. The van der Waals surface area contributed by atoms with E-state index >= 15 is 0 Å². The highest BCUT2D eigenvalue weighted by Crippen LogP contribution is 2.26. The summed E-state index contributed by atoms with van der Waals surface area (Å²) in [6, 6.07) is 4.19. The van der Waals surface area contributed by atoms with Gasteiger partial charge in [-0.2, -0.15) is 0 Å². The van der Waals surface area contributed by atoms with Crippen molar-refractivity contribution >= 4 is 22.7 Å². The molecule has 0 atom stereocenters. The molecule has 2 heterocycles. The zero-order valence-corrected chi connectivity index (χ0v) is 12.1. The van der Waals surface area contributed by atoms with Crippen LogP contribution in [0.3, 0.4) is 0 Å². The van der Waals surface area contributed by atoms with Gasteiger partial charge >= 0.3 is 0 Å². The fourth-order valence-corrected chi connectivity index (χ4v) is 3.07. The van der Waals surface area contributed by atoms with Gasteiger partial charge in [0.25, 0.3) is 0 Å². The van der Waals surface area contributed by atoms with Crippen molar-refractivity contribution in [2.24, 2.45) is 0 Å². The molecule has 0 fully saturated rings. The third kappa shape index (κ3) is 3.91. The van der Waals surface area contributed by atoms with Crippen molar-refractivity contribution < 1.29 is 0 Å². The van der Waals surface area contributed by atoms with Gasteiger partial charge in [0.1, 0.15) is 0 Å². The number of rotatable bonds is 4. The maximum absolute atomic E-state index is 4.66. The van der Waals surface area contributed by atoms with Gasteiger partial charge in [0.2, 0.25) is 0 Å². The molecule has 0 aliphatic carbocycles. The molecule has 0 saturated heterocycles. The molecular formula is C13H18N2S2. The molecule has 0 aliphatic heterocycles. The number of hydrogen-bond donors (Lipinski definition) is 1. The first-order valence-corrected chi connectivity index (χ1v) is 7.54. The first-order valence-electron chi connectivity index (χ1n) is 5.78. The van der Waals surface area contributed by atoms with Crippen molar-refractivity contribution in [2.75, 3.05) is 6.54 Å². The molecule has 2 aromatic heterocycles. The Morgan fingerprint density at radius 2 is 2.12 bits per heavy atom. The van der Waals surface area contributed by atoms with E-state index in [-0.39, 0.29) is 5.54 Å². The van der Waals surface area contributed by atoms with Crippen LogP contribution in [0, 0.1) is 0 Å². The molecule has 0 bridgehead atoms. The summed E-state index contributed by atoms with van der Waals surface area (Å²) < 4.78 is 0. The first-order chi connectivity index (χ1) is 8.04. The van der Waals surface area contributed by atoms with Crippen LogP contribution in [-0.4, -0.2) is 17.1 Å². The lowest BCUT2D eigenvalue weighted by Gasteiger charge is -2.19. The second-order valence-electron chi connectivity index (χ2n) is 5.03. The maximum atomic E-state index is 4.66. The van der Waals surface area contributed by atoms with E-state index in [0.29, 0.717) is 0 Å². The second-order valence-corrected chi connectivity index (χ2v) is 6.92. The average molecular weight is 266 g/mol. The molecule has 0 radical (unpaired) electrons. The Balaban J connectivity index is 1.91. The largest absolute Gasteiger partial charge is 0.312 e. The number of hydrogen-bond acceptors (Lipinski definition) is 4. The molecule has 0 spiro atoms. The first kappa shape index (κ1) is 12.7. The monoisotopic (exact) mass is 266 g/mol. The molecule has 92 valence electrons. The van der Waals surface area contributed by atoms with Crippen LogP contribution in [-0.2, 0) is 6.42 Å².